The number of rotatable bonds is 1. The highest BCUT2D eigenvalue weighted by atomic mass is 16.6. The number of piperazine rings is 1. The molecule has 1 aliphatic heterocycles. The van der Waals surface area contributed by atoms with E-state index in [1.54, 1.807) is 4.90 Å². The van der Waals surface area contributed by atoms with Crippen LogP contribution in [0, 0.1) is 0 Å². The van der Waals surface area contributed by atoms with Crippen molar-refractivity contribution in [2.75, 3.05) is 19.6 Å². The second-order valence-corrected chi connectivity index (χ2v) is 7.04. The molecule has 4 nitrogen and oxygen atoms in total. The molecule has 1 amide bonds. The maximum atomic E-state index is 12.3. The number of nitrogens with zero attached hydrogens (tertiary/aromatic N) is 1. The third kappa shape index (κ3) is 3.82. The van der Waals surface area contributed by atoms with Crippen LogP contribution in [0.4, 0.5) is 4.79 Å². The summed E-state index contributed by atoms with van der Waals surface area (Å²) in [6.45, 7) is 7.78. The lowest BCUT2D eigenvalue weighted by Gasteiger charge is -2.35. The van der Waals surface area contributed by atoms with Crippen LogP contribution in [-0.2, 0) is 4.74 Å². The highest BCUT2D eigenvalue weighted by Gasteiger charge is 2.28. The molecule has 1 aliphatic rings. The Kier molecular flexibility index (Phi) is 4.26. The van der Waals surface area contributed by atoms with Gasteiger partial charge < -0.3 is 15.0 Å². The van der Waals surface area contributed by atoms with Crippen LogP contribution in [0.5, 0.6) is 0 Å². The third-order valence-corrected chi connectivity index (χ3v) is 4.00. The van der Waals surface area contributed by atoms with E-state index in [4.69, 9.17) is 4.74 Å². The maximum Gasteiger partial charge on any atom is 0.410 e. The number of fused-ring (bicyclic) bond motifs is 1. The molecule has 0 aromatic heterocycles. The molecule has 0 saturated carbocycles. The lowest BCUT2D eigenvalue weighted by atomic mass is 10.0. The summed E-state index contributed by atoms with van der Waals surface area (Å²) in [7, 11) is 0. The summed E-state index contributed by atoms with van der Waals surface area (Å²) in [5, 5.41) is 5.95. The van der Waals surface area contributed by atoms with E-state index in [-0.39, 0.29) is 12.1 Å². The summed E-state index contributed by atoms with van der Waals surface area (Å²) in [6.07, 6.45) is -0.232. The fourth-order valence-electron chi connectivity index (χ4n) is 2.89. The van der Waals surface area contributed by atoms with E-state index < -0.39 is 5.60 Å². The van der Waals surface area contributed by atoms with E-state index in [2.05, 4.69) is 35.6 Å². The standard InChI is InChI=1S/C19H24N2O2/c1-19(2,3)23-18(22)21-11-10-20-17(13-21)16-9-8-14-6-4-5-7-15(14)12-16/h4-9,12,17,20H,10-11,13H2,1-3H3/t17-/m0/s1. The number of benzene rings is 2. The van der Waals surface area contributed by atoms with Crippen molar-refractivity contribution >= 4 is 16.9 Å². The van der Waals surface area contributed by atoms with Crippen molar-refractivity contribution < 1.29 is 9.53 Å². The quantitative estimate of drug-likeness (QED) is 0.872. The summed E-state index contributed by atoms with van der Waals surface area (Å²) in [5.41, 5.74) is 0.748. The molecule has 23 heavy (non-hydrogen) atoms. The summed E-state index contributed by atoms with van der Waals surface area (Å²) in [6, 6.07) is 14.9. The minimum absolute atomic E-state index is 0.140. The second-order valence-electron chi connectivity index (χ2n) is 7.04. The molecule has 4 heteroatoms. The lowest BCUT2D eigenvalue weighted by molar-refractivity contribution is 0.0195. The van der Waals surface area contributed by atoms with Crippen LogP contribution in [0.2, 0.25) is 0 Å². The van der Waals surface area contributed by atoms with Crippen molar-refractivity contribution in [3.8, 4) is 0 Å². The van der Waals surface area contributed by atoms with Crippen molar-refractivity contribution in [2.24, 2.45) is 0 Å². The molecule has 2 aromatic rings. The molecule has 0 unspecified atom stereocenters. The summed E-state index contributed by atoms with van der Waals surface area (Å²) < 4.78 is 5.49. The van der Waals surface area contributed by atoms with Gasteiger partial charge in [-0.2, -0.15) is 0 Å². The average Bonchev–Trinajstić information content (AvgIpc) is 2.53. The zero-order valence-corrected chi connectivity index (χ0v) is 14.0. The van der Waals surface area contributed by atoms with Gasteiger partial charge in [0.05, 0.1) is 6.04 Å². The number of hydrogen-bond acceptors (Lipinski definition) is 3. The predicted molar refractivity (Wildman–Crippen MR) is 92.5 cm³/mol. The van der Waals surface area contributed by atoms with Gasteiger partial charge in [0.2, 0.25) is 0 Å². The van der Waals surface area contributed by atoms with Crippen LogP contribution in [0.25, 0.3) is 10.8 Å². The van der Waals surface area contributed by atoms with Crippen molar-refractivity contribution in [1.29, 1.82) is 0 Å². The highest BCUT2D eigenvalue weighted by molar-refractivity contribution is 5.83. The molecular weight excluding hydrogens is 288 g/mol. The number of hydrogen-bond donors (Lipinski definition) is 1. The molecule has 0 aliphatic carbocycles. The van der Waals surface area contributed by atoms with E-state index in [1.807, 2.05) is 32.9 Å². The third-order valence-electron chi connectivity index (χ3n) is 4.00. The van der Waals surface area contributed by atoms with E-state index in [0.717, 1.165) is 6.54 Å². The van der Waals surface area contributed by atoms with Crippen LogP contribution < -0.4 is 5.32 Å². The molecule has 0 bridgehead atoms. The van der Waals surface area contributed by atoms with Gasteiger partial charge >= 0.3 is 6.09 Å². The van der Waals surface area contributed by atoms with Gasteiger partial charge in [-0.05, 0) is 43.2 Å². The van der Waals surface area contributed by atoms with Crippen LogP contribution in [0.1, 0.15) is 32.4 Å². The molecule has 1 atom stereocenters. The van der Waals surface area contributed by atoms with Crippen LogP contribution in [0.3, 0.4) is 0 Å². The Morgan fingerprint density at radius 3 is 2.65 bits per heavy atom. The normalized spacial score (nSPS) is 18.9. The Labute approximate surface area is 137 Å². The monoisotopic (exact) mass is 312 g/mol. The van der Waals surface area contributed by atoms with Crippen molar-refractivity contribution in [1.82, 2.24) is 10.2 Å². The van der Waals surface area contributed by atoms with Crippen LogP contribution >= 0.6 is 0 Å². The molecule has 1 N–H and O–H groups in total. The minimum atomic E-state index is -0.458. The number of amides is 1. The lowest BCUT2D eigenvalue weighted by Crippen LogP contribution is -2.49. The fourth-order valence-corrected chi connectivity index (χ4v) is 2.89. The predicted octanol–water partition coefficient (Wildman–Crippen LogP) is 3.72. The smallest absolute Gasteiger partial charge is 0.410 e. The molecule has 1 fully saturated rings. The van der Waals surface area contributed by atoms with E-state index in [1.165, 1.54) is 16.3 Å². The molecule has 3 rings (SSSR count). The minimum Gasteiger partial charge on any atom is -0.444 e. The molecule has 2 aromatic carbocycles. The summed E-state index contributed by atoms with van der Waals surface area (Å²) >= 11 is 0. The zero-order chi connectivity index (χ0) is 16.4. The first-order chi connectivity index (χ1) is 10.9. The van der Waals surface area contributed by atoms with Crippen molar-refractivity contribution in [2.45, 2.75) is 32.4 Å². The molecule has 1 saturated heterocycles. The van der Waals surface area contributed by atoms with E-state index in [0.29, 0.717) is 13.1 Å². The number of nitrogens with one attached hydrogen (secondary N) is 1. The Balaban J connectivity index is 1.75. The van der Waals surface area contributed by atoms with E-state index in [9.17, 15) is 4.79 Å². The van der Waals surface area contributed by atoms with Gasteiger partial charge in [-0.3, -0.25) is 0 Å². The Bertz CT molecular complexity index is 706. The summed E-state index contributed by atoms with van der Waals surface area (Å²) in [4.78, 5) is 14.1. The largest absolute Gasteiger partial charge is 0.444 e. The number of carbonyl (C=O) groups is 1. The Hall–Kier alpha value is -2.07. The molecular formula is C19H24N2O2. The van der Waals surface area contributed by atoms with Gasteiger partial charge in [-0.1, -0.05) is 36.4 Å². The first-order valence-corrected chi connectivity index (χ1v) is 8.12. The first-order valence-electron chi connectivity index (χ1n) is 8.12. The van der Waals surface area contributed by atoms with Gasteiger partial charge in [0.1, 0.15) is 5.60 Å². The van der Waals surface area contributed by atoms with Gasteiger partial charge in [-0.25, -0.2) is 4.79 Å². The first kappa shape index (κ1) is 15.8. The van der Waals surface area contributed by atoms with Gasteiger partial charge in [0, 0.05) is 19.6 Å². The molecule has 122 valence electrons. The van der Waals surface area contributed by atoms with Gasteiger partial charge in [-0.15, -0.1) is 0 Å². The Morgan fingerprint density at radius 2 is 1.91 bits per heavy atom. The second kappa shape index (κ2) is 6.20. The van der Waals surface area contributed by atoms with Gasteiger partial charge in [0.15, 0.2) is 0 Å². The Morgan fingerprint density at radius 1 is 1.17 bits per heavy atom. The molecule has 0 spiro atoms. The van der Waals surface area contributed by atoms with Crippen LogP contribution in [-0.4, -0.2) is 36.2 Å². The number of ether oxygens (including phenoxy) is 1. The van der Waals surface area contributed by atoms with Crippen molar-refractivity contribution in [3.63, 3.8) is 0 Å². The topological polar surface area (TPSA) is 41.6 Å². The average molecular weight is 312 g/mol. The maximum absolute atomic E-state index is 12.3. The SMILES string of the molecule is CC(C)(C)OC(=O)N1CCN[C@H](c2ccc3ccccc3c2)C1. The molecule has 1 heterocycles. The van der Waals surface area contributed by atoms with E-state index >= 15 is 0 Å². The zero-order valence-electron chi connectivity index (χ0n) is 14.0. The van der Waals surface area contributed by atoms with Gasteiger partial charge in [0.25, 0.3) is 0 Å². The molecule has 0 radical (unpaired) electrons. The fraction of sp³-hybridized carbons (Fsp3) is 0.421. The van der Waals surface area contributed by atoms with Crippen molar-refractivity contribution in [3.05, 3.63) is 48.0 Å². The highest BCUT2D eigenvalue weighted by Crippen LogP contribution is 2.23. The number of carbonyl (C=O) groups excluding carboxylic acids is 1. The summed E-state index contributed by atoms with van der Waals surface area (Å²) in [5.74, 6) is 0. The van der Waals surface area contributed by atoms with Crippen LogP contribution in [0.15, 0.2) is 42.5 Å².